The lowest BCUT2D eigenvalue weighted by atomic mass is 10.2. The van der Waals surface area contributed by atoms with Gasteiger partial charge in [-0.3, -0.25) is 19.4 Å². The van der Waals surface area contributed by atoms with Crippen LogP contribution in [0.2, 0.25) is 0 Å². The summed E-state index contributed by atoms with van der Waals surface area (Å²) in [6, 6.07) is 0.842. The van der Waals surface area contributed by atoms with Crippen molar-refractivity contribution in [2.45, 2.75) is 18.8 Å². The molecule has 24 heavy (non-hydrogen) atoms. The molecule has 1 fully saturated rings. The van der Waals surface area contributed by atoms with E-state index in [-0.39, 0.29) is 19.0 Å². The van der Waals surface area contributed by atoms with Gasteiger partial charge in [-0.25, -0.2) is 0 Å². The lowest BCUT2D eigenvalue weighted by molar-refractivity contribution is -0.143. The van der Waals surface area contributed by atoms with Gasteiger partial charge in [-0.05, 0) is 6.07 Å². The number of hydrogen-bond donors (Lipinski definition) is 0. The van der Waals surface area contributed by atoms with Gasteiger partial charge in [0.15, 0.2) is 5.69 Å². The number of aromatic nitrogens is 4. The highest BCUT2D eigenvalue weighted by molar-refractivity contribution is 5.76. The number of carbonyl (C=O) groups excluding carboxylic acids is 1. The topological polar surface area (TPSA) is 73.1 Å². The standard InChI is InChI=1S/C14H14F3N5O2/c15-14(16,17)12-1-4-22(20-12)9-13(23)21-5-6-24-11(8-21)10-7-18-2-3-19-10/h1-4,7,11H,5-6,8-9H2/t11-/m1/s1. The van der Waals surface area contributed by atoms with Crippen molar-refractivity contribution in [3.63, 3.8) is 0 Å². The fourth-order valence-corrected chi connectivity index (χ4v) is 2.37. The van der Waals surface area contributed by atoms with Crippen molar-refractivity contribution in [2.24, 2.45) is 0 Å². The van der Waals surface area contributed by atoms with Crippen LogP contribution in [0.1, 0.15) is 17.5 Å². The van der Waals surface area contributed by atoms with E-state index in [2.05, 4.69) is 15.1 Å². The van der Waals surface area contributed by atoms with Crippen LogP contribution in [-0.4, -0.2) is 50.3 Å². The first kappa shape index (κ1) is 16.4. The molecule has 128 valence electrons. The summed E-state index contributed by atoms with van der Waals surface area (Å²) in [7, 11) is 0. The van der Waals surface area contributed by atoms with Crippen LogP contribution < -0.4 is 0 Å². The highest BCUT2D eigenvalue weighted by atomic mass is 19.4. The first-order chi connectivity index (χ1) is 11.4. The third-order valence-corrected chi connectivity index (χ3v) is 3.56. The van der Waals surface area contributed by atoms with E-state index in [4.69, 9.17) is 4.74 Å². The first-order valence-electron chi connectivity index (χ1n) is 7.19. The number of carbonyl (C=O) groups is 1. The molecule has 10 heteroatoms. The van der Waals surface area contributed by atoms with Gasteiger partial charge in [-0.2, -0.15) is 18.3 Å². The maximum Gasteiger partial charge on any atom is 0.435 e. The lowest BCUT2D eigenvalue weighted by Crippen LogP contribution is -2.44. The van der Waals surface area contributed by atoms with Crippen molar-refractivity contribution in [3.05, 3.63) is 42.2 Å². The van der Waals surface area contributed by atoms with E-state index < -0.39 is 18.0 Å². The van der Waals surface area contributed by atoms with Crippen molar-refractivity contribution in [2.75, 3.05) is 19.7 Å². The Kier molecular flexibility index (Phi) is 4.47. The molecule has 0 N–H and O–H groups in total. The van der Waals surface area contributed by atoms with Crippen molar-refractivity contribution >= 4 is 5.91 Å². The summed E-state index contributed by atoms with van der Waals surface area (Å²) >= 11 is 0. The van der Waals surface area contributed by atoms with E-state index >= 15 is 0 Å². The molecule has 2 aromatic heterocycles. The maximum atomic E-state index is 12.5. The summed E-state index contributed by atoms with van der Waals surface area (Å²) in [5.41, 5.74) is -0.414. The fraction of sp³-hybridized carbons (Fsp3) is 0.429. The number of morpholine rings is 1. The van der Waals surface area contributed by atoms with Gasteiger partial charge in [-0.15, -0.1) is 0 Å². The van der Waals surface area contributed by atoms with Crippen LogP contribution in [0.25, 0.3) is 0 Å². The number of hydrogen-bond acceptors (Lipinski definition) is 5. The summed E-state index contributed by atoms with van der Waals surface area (Å²) in [5, 5.41) is 3.38. The van der Waals surface area contributed by atoms with Gasteiger partial charge in [0.05, 0.1) is 25.0 Å². The van der Waals surface area contributed by atoms with E-state index in [1.165, 1.54) is 17.3 Å². The minimum absolute atomic E-state index is 0.261. The third-order valence-electron chi connectivity index (χ3n) is 3.56. The van der Waals surface area contributed by atoms with Gasteiger partial charge in [0.25, 0.3) is 0 Å². The van der Waals surface area contributed by atoms with Crippen molar-refractivity contribution in [1.82, 2.24) is 24.6 Å². The number of alkyl halides is 3. The molecule has 1 atom stereocenters. The van der Waals surface area contributed by atoms with Crippen LogP contribution >= 0.6 is 0 Å². The van der Waals surface area contributed by atoms with Crippen LogP contribution in [0.15, 0.2) is 30.9 Å². The fourth-order valence-electron chi connectivity index (χ4n) is 2.37. The van der Waals surface area contributed by atoms with E-state index in [9.17, 15) is 18.0 Å². The quantitative estimate of drug-likeness (QED) is 0.841. The zero-order valence-corrected chi connectivity index (χ0v) is 12.5. The summed E-state index contributed by atoms with van der Waals surface area (Å²) in [6.45, 7) is 0.692. The summed E-state index contributed by atoms with van der Waals surface area (Å²) in [6.07, 6.45) is 0.834. The molecule has 1 aliphatic rings. The van der Waals surface area contributed by atoms with Crippen LogP contribution in [0.3, 0.4) is 0 Å². The average Bonchev–Trinajstić information content (AvgIpc) is 3.05. The second kappa shape index (κ2) is 6.56. The molecule has 0 aliphatic carbocycles. The Balaban J connectivity index is 1.63. The molecule has 7 nitrogen and oxygen atoms in total. The molecule has 1 aliphatic heterocycles. The Bertz CT molecular complexity index is 704. The summed E-state index contributed by atoms with van der Waals surface area (Å²) < 4.78 is 44.2. The Morgan fingerprint density at radius 3 is 2.88 bits per heavy atom. The second-order valence-electron chi connectivity index (χ2n) is 5.23. The van der Waals surface area contributed by atoms with Gasteiger partial charge >= 0.3 is 6.18 Å². The molecule has 0 bridgehead atoms. The molecule has 1 amide bonds. The van der Waals surface area contributed by atoms with Gasteiger partial charge in [0, 0.05) is 25.1 Å². The average molecular weight is 341 g/mol. The van der Waals surface area contributed by atoms with Crippen LogP contribution in [0.4, 0.5) is 13.2 Å². The molecule has 0 saturated carbocycles. The molecule has 1 saturated heterocycles. The van der Waals surface area contributed by atoms with E-state index in [1.54, 1.807) is 6.20 Å². The molecule has 3 rings (SSSR count). The van der Waals surface area contributed by atoms with Gasteiger partial charge in [0.2, 0.25) is 5.91 Å². The maximum absolute atomic E-state index is 12.5. The number of rotatable bonds is 3. The summed E-state index contributed by atoms with van der Waals surface area (Å²) in [5.74, 6) is -0.330. The molecule has 0 spiro atoms. The highest BCUT2D eigenvalue weighted by Gasteiger charge is 2.34. The zero-order chi connectivity index (χ0) is 17.2. The second-order valence-corrected chi connectivity index (χ2v) is 5.23. The largest absolute Gasteiger partial charge is 0.435 e. The number of nitrogens with zero attached hydrogens (tertiary/aromatic N) is 5. The molecule has 0 unspecified atom stereocenters. The van der Waals surface area contributed by atoms with E-state index in [0.29, 0.717) is 18.8 Å². The number of halogens is 3. The predicted molar refractivity (Wildman–Crippen MR) is 74.5 cm³/mol. The molecular weight excluding hydrogens is 327 g/mol. The normalized spacial score (nSPS) is 18.6. The Morgan fingerprint density at radius 1 is 1.38 bits per heavy atom. The lowest BCUT2D eigenvalue weighted by Gasteiger charge is -2.32. The van der Waals surface area contributed by atoms with Crippen LogP contribution in [-0.2, 0) is 22.3 Å². The third kappa shape index (κ3) is 3.70. The smallest absolute Gasteiger partial charge is 0.368 e. The van der Waals surface area contributed by atoms with Crippen LogP contribution in [0, 0.1) is 0 Å². The highest BCUT2D eigenvalue weighted by Crippen LogP contribution is 2.27. The number of ether oxygens (including phenoxy) is 1. The predicted octanol–water partition coefficient (Wildman–Crippen LogP) is 1.29. The molecule has 0 radical (unpaired) electrons. The summed E-state index contributed by atoms with van der Waals surface area (Å²) in [4.78, 5) is 21.9. The Morgan fingerprint density at radius 2 is 2.21 bits per heavy atom. The SMILES string of the molecule is O=C(Cn1ccc(C(F)(F)F)n1)N1CCO[C@@H](c2cnccn2)C1. The Labute approximate surface area is 135 Å². The molecule has 2 aromatic rings. The van der Waals surface area contributed by atoms with Gasteiger partial charge in [0.1, 0.15) is 12.6 Å². The van der Waals surface area contributed by atoms with E-state index in [0.717, 1.165) is 16.9 Å². The van der Waals surface area contributed by atoms with E-state index in [1.807, 2.05) is 0 Å². The monoisotopic (exact) mass is 341 g/mol. The van der Waals surface area contributed by atoms with Crippen molar-refractivity contribution < 1.29 is 22.7 Å². The van der Waals surface area contributed by atoms with Crippen molar-refractivity contribution in [1.29, 1.82) is 0 Å². The molecule has 3 heterocycles. The van der Waals surface area contributed by atoms with Crippen LogP contribution in [0.5, 0.6) is 0 Å². The van der Waals surface area contributed by atoms with Crippen molar-refractivity contribution in [3.8, 4) is 0 Å². The Hall–Kier alpha value is -2.49. The molecule has 0 aromatic carbocycles. The van der Waals surface area contributed by atoms with Gasteiger partial charge < -0.3 is 9.64 Å². The van der Waals surface area contributed by atoms with Gasteiger partial charge in [-0.1, -0.05) is 0 Å². The minimum Gasteiger partial charge on any atom is -0.368 e. The first-order valence-corrected chi connectivity index (χ1v) is 7.19. The molecular formula is C14H14F3N5O2. The zero-order valence-electron chi connectivity index (χ0n) is 12.5. The number of amides is 1. The minimum atomic E-state index is -4.52.